The summed E-state index contributed by atoms with van der Waals surface area (Å²) in [6.07, 6.45) is -3.88. The van der Waals surface area contributed by atoms with Crippen LogP contribution in [0.2, 0.25) is 5.02 Å². The van der Waals surface area contributed by atoms with Crippen LogP contribution in [0.1, 0.15) is 10.4 Å². The molecule has 0 aliphatic carbocycles. The lowest BCUT2D eigenvalue weighted by Gasteiger charge is -2.11. The van der Waals surface area contributed by atoms with Crippen molar-refractivity contribution in [2.75, 3.05) is 5.32 Å². The van der Waals surface area contributed by atoms with Crippen LogP contribution in [0.5, 0.6) is 5.75 Å². The van der Waals surface area contributed by atoms with Crippen LogP contribution in [0, 0.1) is 0 Å². The predicted molar refractivity (Wildman–Crippen MR) is 75.3 cm³/mol. The molecule has 1 aromatic heterocycles. The molecule has 1 amide bonds. The number of aromatic nitrogens is 1. The van der Waals surface area contributed by atoms with Crippen LogP contribution in [0.4, 0.5) is 19.0 Å². The highest BCUT2D eigenvalue weighted by Gasteiger charge is 2.41. The number of anilines is 1. The lowest BCUT2D eigenvalue weighted by atomic mass is 10.2. The molecule has 0 spiro atoms. The molecule has 1 aromatic carbocycles. The third-order valence-corrected chi connectivity index (χ3v) is 2.76. The summed E-state index contributed by atoms with van der Waals surface area (Å²) in [7, 11) is 0. The minimum absolute atomic E-state index is 0.136. The van der Waals surface area contributed by atoms with Crippen molar-refractivity contribution in [3.63, 3.8) is 0 Å². The van der Waals surface area contributed by atoms with Crippen molar-refractivity contribution in [1.29, 1.82) is 0 Å². The molecular weight excluding hydrogens is 337 g/mol. The number of rotatable bonds is 3. The number of carbonyl (C=O) groups excluding carboxylic acids is 2. The van der Waals surface area contributed by atoms with E-state index >= 15 is 0 Å². The van der Waals surface area contributed by atoms with Gasteiger partial charge in [-0.2, -0.15) is 13.2 Å². The van der Waals surface area contributed by atoms with Gasteiger partial charge in [-0.25, -0.2) is 9.78 Å². The van der Waals surface area contributed by atoms with Crippen LogP contribution in [0.15, 0.2) is 42.6 Å². The van der Waals surface area contributed by atoms with Gasteiger partial charge in [0.05, 0.1) is 10.6 Å². The molecule has 0 fully saturated rings. The first-order chi connectivity index (χ1) is 10.8. The molecule has 9 heteroatoms. The topological polar surface area (TPSA) is 68.3 Å². The van der Waals surface area contributed by atoms with E-state index in [9.17, 15) is 22.8 Å². The number of nitrogens with one attached hydrogen (secondary N) is 1. The molecule has 0 atom stereocenters. The Balaban J connectivity index is 2.20. The van der Waals surface area contributed by atoms with Gasteiger partial charge in [-0.05, 0) is 24.3 Å². The van der Waals surface area contributed by atoms with Crippen molar-refractivity contribution in [1.82, 2.24) is 4.98 Å². The first-order valence-corrected chi connectivity index (χ1v) is 6.46. The number of halogens is 4. The molecule has 0 saturated heterocycles. The second-order valence-corrected chi connectivity index (χ2v) is 4.64. The minimum atomic E-state index is -5.17. The molecule has 23 heavy (non-hydrogen) atoms. The Kier molecular flexibility index (Phi) is 4.85. The monoisotopic (exact) mass is 344 g/mol. The Morgan fingerprint density at radius 2 is 1.83 bits per heavy atom. The van der Waals surface area contributed by atoms with Crippen LogP contribution >= 0.6 is 11.6 Å². The minimum Gasteiger partial charge on any atom is -0.419 e. The number of hydrogen-bond acceptors (Lipinski definition) is 4. The summed E-state index contributed by atoms with van der Waals surface area (Å²) in [4.78, 5) is 26.8. The molecule has 1 N–H and O–H groups in total. The molecule has 0 radical (unpaired) electrons. The number of carbonyl (C=O) groups is 2. The number of pyridine rings is 1. The average molecular weight is 345 g/mol. The van der Waals surface area contributed by atoms with Gasteiger partial charge < -0.3 is 10.1 Å². The van der Waals surface area contributed by atoms with E-state index in [-0.39, 0.29) is 11.4 Å². The number of esters is 1. The standard InChI is InChI=1S/C14H8ClF3N2O3/c15-8-5-6-11(19-7-8)20-12(21)9-3-1-2-4-10(9)23-13(22)14(16,17)18/h1-7H,(H,19,20,21). The number of para-hydroxylation sites is 1. The van der Waals surface area contributed by atoms with E-state index in [4.69, 9.17) is 11.6 Å². The summed E-state index contributed by atoms with van der Waals surface area (Å²) in [6, 6.07) is 7.91. The zero-order chi connectivity index (χ0) is 17.0. The normalized spacial score (nSPS) is 11.0. The molecular formula is C14H8ClF3N2O3. The van der Waals surface area contributed by atoms with E-state index < -0.39 is 23.8 Å². The largest absolute Gasteiger partial charge is 0.491 e. The Morgan fingerprint density at radius 1 is 1.13 bits per heavy atom. The molecule has 0 unspecified atom stereocenters. The van der Waals surface area contributed by atoms with Crippen LogP contribution < -0.4 is 10.1 Å². The fourth-order valence-electron chi connectivity index (χ4n) is 1.53. The van der Waals surface area contributed by atoms with Gasteiger partial charge in [-0.15, -0.1) is 0 Å². The third kappa shape index (κ3) is 4.43. The van der Waals surface area contributed by atoms with Crippen molar-refractivity contribution in [2.45, 2.75) is 6.18 Å². The molecule has 2 aromatic rings. The van der Waals surface area contributed by atoms with Gasteiger partial charge in [0.25, 0.3) is 5.91 Å². The number of alkyl halides is 3. The van der Waals surface area contributed by atoms with Crippen LogP contribution in [-0.2, 0) is 4.79 Å². The molecule has 0 bridgehead atoms. The zero-order valence-corrected chi connectivity index (χ0v) is 12.0. The van der Waals surface area contributed by atoms with Crippen molar-refractivity contribution in [3.8, 4) is 5.75 Å². The highest BCUT2D eigenvalue weighted by Crippen LogP contribution is 2.24. The summed E-state index contributed by atoms with van der Waals surface area (Å²) in [6.45, 7) is 0. The lowest BCUT2D eigenvalue weighted by Crippen LogP contribution is -2.29. The fraction of sp³-hybridized carbons (Fsp3) is 0.0714. The van der Waals surface area contributed by atoms with Crippen molar-refractivity contribution >= 4 is 29.3 Å². The molecule has 0 saturated carbocycles. The van der Waals surface area contributed by atoms with Gasteiger partial charge in [0.1, 0.15) is 11.6 Å². The van der Waals surface area contributed by atoms with Gasteiger partial charge in [-0.1, -0.05) is 23.7 Å². The Morgan fingerprint density at radius 3 is 2.43 bits per heavy atom. The highest BCUT2D eigenvalue weighted by atomic mass is 35.5. The van der Waals surface area contributed by atoms with Crippen molar-refractivity contribution in [2.24, 2.45) is 0 Å². The van der Waals surface area contributed by atoms with Gasteiger partial charge in [-0.3, -0.25) is 4.79 Å². The van der Waals surface area contributed by atoms with Crippen LogP contribution in [0.3, 0.4) is 0 Å². The van der Waals surface area contributed by atoms with E-state index in [1.807, 2.05) is 0 Å². The number of nitrogens with zero attached hydrogens (tertiary/aromatic N) is 1. The molecule has 0 aliphatic rings. The summed E-state index contributed by atoms with van der Waals surface area (Å²) < 4.78 is 41.0. The van der Waals surface area contributed by atoms with E-state index in [0.717, 1.165) is 6.07 Å². The van der Waals surface area contributed by atoms with E-state index in [2.05, 4.69) is 15.0 Å². The van der Waals surface area contributed by atoms with E-state index in [1.54, 1.807) is 0 Å². The van der Waals surface area contributed by atoms with Crippen LogP contribution in [0.25, 0.3) is 0 Å². The summed E-state index contributed by atoms with van der Waals surface area (Å²) in [5, 5.41) is 2.71. The summed E-state index contributed by atoms with van der Waals surface area (Å²) in [5.41, 5.74) is -0.248. The van der Waals surface area contributed by atoms with Gasteiger partial charge in [0, 0.05) is 6.20 Å². The van der Waals surface area contributed by atoms with Crippen molar-refractivity contribution < 1.29 is 27.5 Å². The van der Waals surface area contributed by atoms with E-state index in [0.29, 0.717) is 5.02 Å². The number of benzene rings is 1. The Labute approximate surface area is 133 Å². The second-order valence-electron chi connectivity index (χ2n) is 4.20. The van der Waals surface area contributed by atoms with Crippen LogP contribution in [-0.4, -0.2) is 23.0 Å². The fourth-order valence-corrected chi connectivity index (χ4v) is 1.65. The third-order valence-electron chi connectivity index (χ3n) is 2.53. The maximum Gasteiger partial charge on any atom is 0.491 e. The molecule has 5 nitrogen and oxygen atoms in total. The smallest absolute Gasteiger partial charge is 0.419 e. The van der Waals surface area contributed by atoms with E-state index in [1.165, 1.54) is 36.5 Å². The predicted octanol–water partition coefficient (Wildman–Crippen LogP) is 3.46. The molecule has 2 rings (SSSR count). The van der Waals surface area contributed by atoms with Gasteiger partial charge >= 0.3 is 12.1 Å². The maximum absolute atomic E-state index is 12.3. The Bertz CT molecular complexity index is 733. The molecule has 120 valence electrons. The zero-order valence-electron chi connectivity index (χ0n) is 11.2. The number of amides is 1. The molecule has 1 heterocycles. The van der Waals surface area contributed by atoms with Crippen molar-refractivity contribution in [3.05, 3.63) is 53.2 Å². The first-order valence-electron chi connectivity index (χ1n) is 6.08. The van der Waals surface area contributed by atoms with Gasteiger partial charge in [0.15, 0.2) is 0 Å². The quantitative estimate of drug-likeness (QED) is 0.684. The number of ether oxygens (including phenoxy) is 1. The van der Waals surface area contributed by atoms with Gasteiger partial charge in [0.2, 0.25) is 0 Å². The first kappa shape index (κ1) is 16.8. The average Bonchev–Trinajstić information content (AvgIpc) is 2.49. The summed E-state index contributed by atoms with van der Waals surface area (Å²) >= 11 is 5.65. The maximum atomic E-state index is 12.3. The lowest BCUT2D eigenvalue weighted by molar-refractivity contribution is -0.189. The highest BCUT2D eigenvalue weighted by molar-refractivity contribution is 6.30. The summed E-state index contributed by atoms with van der Waals surface area (Å²) in [5.74, 6) is -3.58. The molecule has 0 aliphatic heterocycles. The second kappa shape index (κ2) is 6.66. The Hall–Kier alpha value is -2.61. The number of hydrogen-bond donors (Lipinski definition) is 1. The SMILES string of the molecule is O=C(Nc1ccc(Cl)cn1)c1ccccc1OC(=O)C(F)(F)F.